The third-order valence-corrected chi connectivity index (χ3v) is 3.79. The summed E-state index contributed by atoms with van der Waals surface area (Å²) in [5, 5.41) is 2.18. The van der Waals surface area contributed by atoms with Crippen LogP contribution in [0.5, 0.6) is 0 Å². The Balaban J connectivity index is 2.21. The second-order valence-corrected chi connectivity index (χ2v) is 5.35. The molecule has 0 aliphatic rings. The number of hydrogen-bond donors (Lipinski definition) is 0. The minimum absolute atomic E-state index is 0.0639. The first-order chi connectivity index (χ1) is 9.24. The summed E-state index contributed by atoms with van der Waals surface area (Å²) in [7, 11) is 0. The largest absolute Gasteiger partial charge is 0.294 e. The molecule has 0 heterocycles. The molecule has 100 valence electrons. The maximum atomic E-state index is 12.5. The first-order valence-electron chi connectivity index (χ1n) is 6.82. The number of ketones is 1. The van der Waals surface area contributed by atoms with Gasteiger partial charge in [-0.2, -0.15) is 0 Å². The fourth-order valence-corrected chi connectivity index (χ4v) is 2.57. The van der Waals surface area contributed by atoms with Gasteiger partial charge in [-0.15, -0.1) is 11.6 Å². The van der Waals surface area contributed by atoms with Crippen molar-refractivity contribution in [2.24, 2.45) is 5.92 Å². The predicted molar refractivity (Wildman–Crippen MR) is 82.0 cm³/mol. The van der Waals surface area contributed by atoms with Crippen LogP contribution in [0.1, 0.15) is 36.5 Å². The van der Waals surface area contributed by atoms with E-state index in [1.807, 2.05) is 49.4 Å². The van der Waals surface area contributed by atoms with Crippen LogP contribution >= 0.6 is 11.6 Å². The van der Waals surface area contributed by atoms with Gasteiger partial charge in [-0.05, 0) is 23.6 Å². The summed E-state index contributed by atoms with van der Waals surface area (Å²) < 4.78 is 0. The molecule has 0 amide bonds. The third-order valence-electron chi connectivity index (χ3n) is 3.52. The summed E-state index contributed by atoms with van der Waals surface area (Å²) in [6, 6.07) is 14.0. The molecular weight excluding hydrogens is 256 g/mol. The molecule has 0 spiro atoms. The average molecular weight is 275 g/mol. The maximum Gasteiger partial charge on any atom is 0.166 e. The van der Waals surface area contributed by atoms with Crippen LogP contribution in [0, 0.1) is 5.92 Å². The van der Waals surface area contributed by atoms with E-state index in [-0.39, 0.29) is 11.7 Å². The zero-order valence-corrected chi connectivity index (χ0v) is 12.0. The summed E-state index contributed by atoms with van der Waals surface area (Å²) in [6.45, 7) is 2.01. The molecule has 1 unspecified atom stereocenters. The molecule has 0 bridgehead atoms. The molecule has 1 atom stereocenters. The van der Waals surface area contributed by atoms with Crippen LogP contribution in [0.2, 0.25) is 0 Å². The van der Waals surface area contributed by atoms with Gasteiger partial charge in [0.15, 0.2) is 5.78 Å². The van der Waals surface area contributed by atoms with Gasteiger partial charge >= 0.3 is 0 Å². The molecule has 2 aromatic rings. The lowest BCUT2D eigenvalue weighted by Gasteiger charge is -2.12. The Morgan fingerprint density at radius 3 is 2.63 bits per heavy atom. The normalized spacial score (nSPS) is 12.5. The Bertz CT molecular complexity index is 557. The van der Waals surface area contributed by atoms with E-state index in [0.717, 1.165) is 35.6 Å². The molecule has 0 aliphatic heterocycles. The first kappa shape index (κ1) is 14.1. The fourth-order valence-electron chi connectivity index (χ4n) is 2.38. The molecule has 2 rings (SSSR count). The molecule has 2 heteroatoms. The van der Waals surface area contributed by atoms with Gasteiger partial charge in [0.1, 0.15) is 0 Å². The number of rotatable bonds is 6. The average Bonchev–Trinajstić information content (AvgIpc) is 2.46. The molecule has 19 heavy (non-hydrogen) atoms. The molecular formula is C17H19ClO. The van der Waals surface area contributed by atoms with Crippen LogP contribution in [0.15, 0.2) is 42.5 Å². The van der Waals surface area contributed by atoms with Crippen molar-refractivity contribution in [2.75, 3.05) is 5.88 Å². The van der Waals surface area contributed by atoms with Gasteiger partial charge in [-0.25, -0.2) is 0 Å². The van der Waals surface area contributed by atoms with Crippen molar-refractivity contribution in [1.82, 2.24) is 0 Å². The summed E-state index contributed by atoms with van der Waals surface area (Å²) in [5.41, 5.74) is 0.844. The van der Waals surface area contributed by atoms with E-state index in [2.05, 4.69) is 0 Å². The zero-order valence-electron chi connectivity index (χ0n) is 11.2. The van der Waals surface area contributed by atoms with E-state index in [0.29, 0.717) is 5.88 Å². The summed E-state index contributed by atoms with van der Waals surface area (Å²) in [4.78, 5) is 12.5. The molecule has 0 fully saturated rings. The van der Waals surface area contributed by atoms with Gasteiger partial charge in [0.2, 0.25) is 0 Å². The quantitative estimate of drug-likeness (QED) is 0.408. The Labute approximate surface area is 119 Å². The van der Waals surface area contributed by atoms with Crippen LogP contribution in [0.4, 0.5) is 0 Å². The van der Waals surface area contributed by atoms with Gasteiger partial charge < -0.3 is 0 Å². The maximum absolute atomic E-state index is 12.5. The molecule has 0 aromatic heterocycles. The topological polar surface area (TPSA) is 17.1 Å². The zero-order chi connectivity index (χ0) is 13.7. The number of Topliss-reactive ketones (excluding diaryl/α,β-unsaturated/α-hetero) is 1. The second-order valence-electron chi connectivity index (χ2n) is 4.98. The highest BCUT2D eigenvalue weighted by Crippen LogP contribution is 2.23. The lowest BCUT2D eigenvalue weighted by molar-refractivity contribution is 0.0924. The number of alkyl halides is 1. The van der Waals surface area contributed by atoms with Crippen LogP contribution in [-0.4, -0.2) is 11.7 Å². The van der Waals surface area contributed by atoms with E-state index < -0.39 is 0 Å². The van der Waals surface area contributed by atoms with Gasteiger partial charge in [-0.1, -0.05) is 55.8 Å². The minimum atomic E-state index is 0.0639. The monoisotopic (exact) mass is 274 g/mol. The lowest BCUT2D eigenvalue weighted by Crippen LogP contribution is -2.11. The van der Waals surface area contributed by atoms with E-state index in [1.165, 1.54) is 0 Å². The highest BCUT2D eigenvalue weighted by molar-refractivity contribution is 6.17. The van der Waals surface area contributed by atoms with Gasteiger partial charge in [-0.3, -0.25) is 4.79 Å². The van der Waals surface area contributed by atoms with Gasteiger partial charge in [0.25, 0.3) is 0 Å². The lowest BCUT2D eigenvalue weighted by atomic mass is 9.91. The van der Waals surface area contributed by atoms with Crippen molar-refractivity contribution in [1.29, 1.82) is 0 Å². The van der Waals surface area contributed by atoms with Crippen molar-refractivity contribution in [2.45, 2.75) is 26.2 Å². The summed E-state index contributed by atoms with van der Waals surface area (Å²) in [6.07, 6.45) is 2.91. The van der Waals surface area contributed by atoms with Crippen molar-refractivity contribution >= 4 is 28.2 Å². The molecule has 0 N–H and O–H groups in total. The highest BCUT2D eigenvalue weighted by atomic mass is 35.5. The van der Waals surface area contributed by atoms with Gasteiger partial charge in [0, 0.05) is 17.4 Å². The number of hydrogen-bond acceptors (Lipinski definition) is 1. The molecule has 0 saturated carbocycles. The van der Waals surface area contributed by atoms with E-state index >= 15 is 0 Å². The SMILES string of the molecule is CC(CCCCCl)C(=O)c1cccc2ccccc12. The molecule has 0 saturated heterocycles. The van der Waals surface area contributed by atoms with E-state index in [4.69, 9.17) is 11.6 Å². The molecule has 2 aromatic carbocycles. The van der Waals surface area contributed by atoms with Crippen molar-refractivity contribution in [3.05, 3.63) is 48.0 Å². The van der Waals surface area contributed by atoms with Crippen LogP contribution in [-0.2, 0) is 0 Å². The molecule has 1 nitrogen and oxygen atoms in total. The number of halogens is 1. The number of carbonyl (C=O) groups excluding carboxylic acids is 1. The standard InChI is InChI=1S/C17H19ClO/c1-13(7-4-5-12-18)17(19)16-11-6-9-14-8-2-3-10-15(14)16/h2-3,6,8-11,13H,4-5,7,12H2,1H3. The van der Waals surface area contributed by atoms with Crippen molar-refractivity contribution in [3.63, 3.8) is 0 Å². The summed E-state index contributed by atoms with van der Waals surface area (Å²) >= 11 is 5.67. The molecule has 0 aliphatic carbocycles. The van der Waals surface area contributed by atoms with Crippen molar-refractivity contribution in [3.8, 4) is 0 Å². The van der Waals surface area contributed by atoms with Crippen LogP contribution in [0.25, 0.3) is 10.8 Å². The highest BCUT2D eigenvalue weighted by Gasteiger charge is 2.16. The van der Waals surface area contributed by atoms with Crippen LogP contribution < -0.4 is 0 Å². The Kier molecular flexibility index (Phi) is 4.98. The smallest absolute Gasteiger partial charge is 0.166 e. The van der Waals surface area contributed by atoms with E-state index in [9.17, 15) is 4.79 Å². The third kappa shape index (κ3) is 3.36. The first-order valence-corrected chi connectivity index (χ1v) is 7.35. The Morgan fingerprint density at radius 1 is 1.11 bits per heavy atom. The number of unbranched alkanes of at least 4 members (excludes halogenated alkanes) is 1. The number of fused-ring (bicyclic) bond motifs is 1. The minimum Gasteiger partial charge on any atom is -0.294 e. The fraction of sp³-hybridized carbons (Fsp3) is 0.353. The van der Waals surface area contributed by atoms with Crippen LogP contribution in [0.3, 0.4) is 0 Å². The predicted octanol–water partition coefficient (Wildman–Crippen LogP) is 5.07. The second kappa shape index (κ2) is 6.72. The number of carbonyl (C=O) groups is 1. The Morgan fingerprint density at radius 2 is 1.84 bits per heavy atom. The number of benzene rings is 2. The molecule has 0 radical (unpaired) electrons. The summed E-state index contributed by atoms with van der Waals surface area (Å²) in [5.74, 6) is 0.982. The van der Waals surface area contributed by atoms with E-state index in [1.54, 1.807) is 0 Å². The Hall–Kier alpha value is -1.34. The van der Waals surface area contributed by atoms with Crippen molar-refractivity contribution < 1.29 is 4.79 Å². The van der Waals surface area contributed by atoms with Gasteiger partial charge in [0.05, 0.1) is 0 Å².